The summed E-state index contributed by atoms with van der Waals surface area (Å²) >= 11 is 0. The number of carbonyl (C=O) groups is 5. The van der Waals surface area contributed by atoms with Crippen molar-refractivity contribution in [1.82, 2.24) is 30.9 Å². The summed E-state index contributed by atoms with van der Waals surface area (Å²) in [6.07, 6.45) is 5.23. The Hall–Kier alpha value is -4.76. The second-order valence-electron chi connectivity index (χ2n) is 9.86. The lowest BCUT2D eigenvalue weighted by atomic mass is 10.0. The van der Waals surface area contributed by atoms with E-state index in [1.807, 2.05) is 24.3 Å². The standard InChI is InChI=1S/C27H36N8O7/c28-8-4-3-6-18(29)24(38)33-20(9-15-12-31-19-7-2-1-5-17(15)19)25(39)34-21(10-16-13-30-14-32-16)26(40)35-22(27(41)42)11-23(36)37/h1-2,5,7,12-14,18,20-22,31H,3-4,6,8-11,28-29H2,(H,30,32)(H,33,38)(H,34,39)(H,35,40)(H,36,37)(H,41,42). The first-order valence-electron chi connectivity index (χ1n) is 13.4. The highest BCUT2D eigenvalue weighted by Gasteiger charge is 2.32. The zero-order chi connectivity index (χ0) is 30.6. The topological polar surface area (TPSA) is 258 Å². The summed E-state index contributed by atoms with van der Waals surface area (Å²) in [5, 5.41) is 26.7. The number of nitrogens with zero attached hydrogens (tertiary/aromatic N) is 1. The third kappa shape index (κ3) is 9.14. The van der Waals surface area contributed by atoms with Crippen LogP contribution in [0.25, 0.3) is 10.9 Å². The summed E-state index contributed by atoms with van der Waals surface area (Å²) in [5.74, 6) is -5.20. The number of para-hydroxylation sites is 1. The molecule has 4 atom stereocenters. The van der Waals surface area contributed by atoms with Gasteiger partial charge < -0.3 is 47.6 Å². The number of hydrogen-bond donors (Lipinski definition) is 9. The fourth-order valence-corrected chi connectivity index (χ4v) is 4.39. The number of amides is 3. The van der Waals surface area contributed by atoms with Crippen molar-refractivity contribution in [3.63, 3.8) is 0 Å². The van der Waals surface area contributed by atoms with E-state index in [4.69, 9.17) is 16.6 Å². The summed E-state index contributed by atoms with van der Waals surface area (Å²) < 4.78 is 0. The van der Waals surface area contributed by atoms with Gasteiger partial charge in [-0.05, 0) is 31.0 Å². The number of imidazole rings is 1. The Kier molecular flexibility index (Phi) is 11.6. The number of aromatic nitrogens is 3. The Balaban J connectivity index is 1.85. The van der Waals surface area contributed by atoms with Crippen molar-refractivity contribution >= 4 is 40.6 Å². The molecule has 0 fully saturated rings. The largest absolute Gasteiger partial charge is 0.481 e. The van der Waals surface area contributed by atoms with Crippen LogP contribution in [0.1, 0.15) is 36.9 Å². The third-order valence-electron chi connectivity index (χ3n) is 6.64. The molecule has 0 aliphatic carbocycles. The van der Waals surface area contributed by atoms with E-state index in [0.717, 1.165) is 16.5 Å². The van der Waals surface area contributed by atoms with Gasteiger partial charge in [0.15, 0.2) is 0 Å². The van der Waals surface area contributed by atoms with Crippen LogP contribution in [-0.2, 0) is 36.8 Å². The van der Waals surface area contributed by atoms with Crippen LogP contribution in [0.15, 0.2) is 43.0 Å². The van der Waals surface area contributed by atoms with Crippen molar-refractivity contribution in [3.8, 4) is 0 Å². The monoisotopic (exact) mass is 584 g/mol. The van der Waals surface area contributed by atoms with Crippen molar-refractivity contribution in [2.24, 2.45) is 11.5 Å². The van der Waals surface area contributed by atoms with Crippen LogP contribution in [0.3, 0.4) is 0 Å². The number of carboxylic acid groups (broad SMARTS) is 2. The molecule has 1 aromatic carbocycles. The molecule has 0 bridgehead atoms. The molecule has 3 amide bonds. The third-order valence-corrected chi connectivity index (χ3v) is 6.64. The molecular weight excluding hydrogens is 548 g/mol. The molecule has 2 aromatic heterocycles. The van der Waals surface area contributed by atoms with E-state index in [2.05, 4.69) is 30.9 Å². The van der Waals surface area contributed by atoms with Crippen molar-refractivity contribution < 1.29 is 34.2 Å². The van der Waals surface area contributed by atoms with E-state index < -0.39 is 60.2 Å². The highest BCUT2D eigenvalue weighted by atomic mass is 16.4. The molecule has 0 aliphatic heterocycles. The molecule has 15 nitrogen and oxygen atoms in total. The summed E-state index contributed by atoms with van der Waals surface area (Å²) in [4.78, 5) is 72.3. The fourth-order valence-electron chi connectivity index (χ4n) is 4.39. The van der Waals surface area contributed by atoms with Gasteiger partial charge in [-0.15, -0.1) is 0 Å². The number of benzene rings is 1. The van der Waals surface area contributed by atoms with Crippen LogP contribution in [-0.4, -0.2) is 85.5 Å². The van der Waals surface area contributed by atoms with Gasteiger partial charge in [0.05, 0.1) is 18.8 Å². The second-order valence-corrected chi connectivity index (χ2v) is 9.86. The molecule has 4 unspecified atom stereocenters. The number of aliphatic carboxylic acids is 2. The van der Waals surface area contributed by atoms with Crippen molar-refractivity contribution in [2.75, 3.05) is 6.54 Å². The van der Waals surface area contributed by atoms with Crippen LogP contribution in [0, 0.1) is 0 Å². The average molecular weight is 585 g/mol. The summed E-state index contributed by atoms with van der Waals surface area (Å²) in [5.41, 5.74) is 13.6. The van der Waals surface area contributed by atoms with E-state index in [9.17, 15) is 29.1 Å². The summed E-state index contributed by atoms with van der Waals surface area (Å²) in [6.45, 7) is 0.453. The van der Waals surface area contributed by atoms with Crippen LogP contribution in [0.2, 0.25) is 0 Å². The molecular formula is C27H36N8O7. The minimum Gasteiger partial charge on any atom is -0.481 e. The number of rotatable bonds is 17. The van der Waals surface area contributed by atoms with E-state index in [1.54, 1.807) is 6.20 Å². The van der Waals surface area contributed by atoms with Crippen LogP contribution >= 0.6 is 0 Å². The molecule has 2 heterocycles. The molecule has 15 heteroatoms. The predicted molar refractivity (Wildman–Crippen MR) is 151 cm³/mol. The lowest BCUT2D eigenvalue weighted by Gasteiger charge is -2.25. The van der Waals surface area contributed by atoms with Gasteiger partial charge in [0, 0.05) is 41.8 Å². The van der Waals surface area contributed by atoms with Crippen molar-refractivity contribution in [2.45, 2.75) is 62.7 Å². The van der Waals surface area contributed by atoms with Gasteiger partial charge in [0.2, 0.25) is 17.7 Å². The highest BCUT2D eigenvalue weighted by Crippen LogP contribution is 2.19. The Morgan fingerprint density at radius 3 is 2.19 bits per heavy atom. The number of unbranched alkanes of at least 4 members (excludes halogenated alkanes) is 1. The number of carboxylic acids is 2. The number of aromatic amines is 2. The molecule has 0 saturated heterocycles. The maximum absolute atomic E-state index is 13.7. The predicted octanol–water partition coefficient (Wildman–Crippen LogP) is -0.854. The Morgan fingerprint density at radius 1 is 0.881 bits per heavy atom. The zero-order valence-corrected chi connectivity index (χ0v) is 22.8. The average Bonchev–Trinajstić information content (AvgIpc) is 3.61. The van der Waals surface area contributed by atoms with Gasteiger partial charge >= 0.3 is 11.9 Å². The van der Waals surface area contributed by atoms with E-state index in [1.165, 1.54) is 12.5 Å². The maximum atomic E-state index is 13.7. The molecule has 42 heavy (non-hydrogen) atoms. The zero-order valence-electron chi connectivity index (χ0n) is 22.8. The number of hydrogen-bond acceptors (Lipinski definition) is 8. The first kappa shape index (κ1) is 31.8. The SMILES string of the molecule is NCCCCC(N)C(=O)NC(Cc1c[nH]c2ccccc12)C(=O)NC(Cc1cnc[nH]1)C(=O)NC(CC(=O)O)C(=O)O. The van der Waals surface area contributed by atoms with Gasteiger partial charge in [-0.1, -0.05) is 24.6 Å². The molecule has 0 saturated carbocycles. The van der Waals surface area contributed by atoms with Gasteiger partial charge in [0.1, 0.15) is 18.1 Å². The molecule has 3 aromatic rings. The Morgan fingerprint density at radius 2 is 1.55 bits per heavy atom. The van der Waals surface area contributed by atoms with Gasteiger partial charge in [0.25, 0.3) is 0 Å². The number of carbonyl (C=O) groups excluding carboxylic acids is 3. The molecule has 226 valence electrons. The normalized spacial score (nSPS) is 14.0. The Bertz CT molecular complexity index is 1370. The van der Waals surface area contributed by atoms with Crippen molar-refractivity contribution in [3.05, 3.63) is 54.2 Å². The van der Waals surface area contributed by atoms with E-state index in [-0.39, 0.29) is 12.8 Å². The first-order chi connectivity index (χ1) is 20.1. The molecule has 0 aliphatic rings. The molecule has 0 spiro atoms. The van der Waals surface area contributed by atoms with Gasteiger partial charge in [-0.2, -0.15) is 0 Å². The molecule has 3 rings (SSSR count). The van der Waals surface area contributed by atoms with E-state index >= 15 is 0 Å². The lowest BCUT2D eigenvalue weighted by Crippen LogP contribution is -2.58. The summed E-state index contributed by atoms with van der Waals surface area (Å²) in [6, 6.07) is 2.28. The second kappa shape index (κ2) is 15.3. The fraction of sp³-hybridized carbons (Fsp3) is 0.407. The minimum atomic E-state index is -1.73. The molecule has 0 radical (unpaired) electrons. The Labute approximate surface area is 240 Å². The summed E-state index contributed by atoms with van der Waals surface area (Å²) in [7, 11) is 0. The van der Waals surface area contributed by atoms with Crippen LogP contribution < -0.4 is 27.4 Å². The number of nitrogens with one attached hydrogen (secondary N) is 5. The van der Waals surface area contributed by atoms with Gasteiger partial charge in [-0.25, -0.2) is 9.78 Å². The van der Waals surface area contributed by atoms with Crippen LogP contribution in [0.4, 0.5) is 0 Å². The quantitative estimate of drug-likeness (QED) is 0.0887. The van der Waals surface area contributed by atoms with Gasteiger partial charge in [-0.3, -0.25) is 19.2 Å². The first-order valence-corrected chi connectivity index (χ1v) is 13.4. The number of H-pyrrole nitrogens is 2. The number of nitrogens with two attached hydrogens (primary N) is 2. The maximum Gasteiger partial charge on any atom is 0.326 e. The van der Waals surface area contributed by atoms with Crippen molar-refractivity contribution in [1.29, 1.82) is 0 Å². The highest BCUT2D eigenvalue weighted by molar-refractivity contribution is 5.95. The van der Waals surface area contributed by atoms with E-state index in [0.29, 0.717) is 31.5 Å². The lowest BCUT2D eigenvalue weighted by molar-refractivity contribution is -0.147. The smallest absolute Gasteiger partial charge is 0.326 e. The number of fused-ring (bicyclic) bond motifs is 1. The minimum absolute atomic E-state index is 0.0479. The molecule has 11 N–H and O–H groups in total. The van der Waals surface area contributed by atoms with Crippen LogP contribution in [0.5, 0.6) is 0 Å².